The van der Waals surface area contributed by atoms with Crippen molar-refractivity contribution >= 4 is 0 Å². The monoisotopic (exact) mass is 226 g/mol. The first-order chi connectivity index (χ1) is 7.45. The van der Waals surface area contributed by atoms with E-state index in [1.165, 1.54) is 38.8 Å². The van der Waals surface area contributed by atoms with Crippen LogP contribution in [0.25, 0.3) is 0 Å². The summed E-state index contributed by atoms with van der Waals surface area (Å²) in [4.78, 5) is 2.65. The lowest BCUT2D eigenvalue weighted by Crippen LogP contribution is -2.42. The van der Waals surface area contributed by atoms with Gasteiger partial charge < -0.3 is 10.6 Å². The molecule has 1 unspecified atom stereocenters. The van der Waals surface area contributed by atoms with E-state index in [0.717, 1.165) is 18.5 Å². The molecule has 0 spiro atoms. The van der Waals surface area contributed by atoms with Crippen LogP contribution in [0.2, 0.25) is 0 Å². The average molecular weight is 226 g/mol. The fourth-order valence-electron chi connectivity index (χ4n) is 2.80. The summed E-state index contributed by atoms with van der Waals surface area (Å²) in [6, 6.07) is 0.726. The van der Waals surface area contributed by atoms with Crippen molar-refractivity contribution < 1.29 is 0 Å². The van der Waals surface area contributed by atoms with Gasteiger partial charge in [-0.2, -0.15) is 0 Å². The van der Waals surface area contributed by atoms with Gasteiger partial charge in [0.15, 0.2) is 0 Å². The van der Waals surface area contributed by atoms with Crippen molar-refractivity contribution in [3.05, 3.63) is 0 Å². The fourth-order valence-corrected chi connectivity index (χ4v) is 2.80. The Morgan fingerprint density at radius 2 is 1.81 bits per heavy atom. The molecule has 1 heterocycles. The normalized spacial score (nSPS) is 22.3. The molecule has 1 aliphatic rings. The molecule has 2 nitrogen and oxygen atoms in total. The van der Waals surface area contributed by atoms with Crippen molar-refractivity contribution in [2.24, 2.45) is 17.1 Å². The number of piperidine rings is 1. The molecule has 1 saturated heterocycles. The molecule has 0 radical (unpaired) electrons. The standard InChI is InChI=1S/C14H30N2/c1-12(6-5-9-15)16-10-7-13(8-11-16)14(2,3)4/h12-13H,5-11,15H2,1-4H3. The molecule has 16 heavy (non-hydrogen) atoms. The fraction of sp³-hybridized carbons (Fsp3) is 1.00. The average Bonchev–Trinajstić information content (AvgIpc) is 2.25. The van der Waals surface area contributed by atoms with Gasteiger partial charge in [-0.25, -0.2) is 0 Å². The molecular formula is C14H30N2. The first-order valence-electron chi connectivity index (χ1n) is 6.89. The number of nitrogens with two attached hydrogens (primary N) is 1. The topological polar surface area (TPSA) is 29.3 Å². The van der Waals surface area contributed by atoms with Gasteiger partial charge in [-0.05, 0) is 63.6 Å². The summed E-state index contributed by atoms with van der Waals surface area (Å²) in [5.41, 5.74) is 6.06. The van der Waals surface area contributed by atoms with Crippen LogP contribution in [0.1, 0.15) is 53.4 Å². The Morgan fingerprint density at radius 3 is 2.25 bits per heavy atom. The second-order valence-corrected chi connectivity index (χ2v) is 6.46. The molecule has 0 bridgehead atoms. The Morgan fingerprint density at radius 1 is 1.25 bits per heavy atom. The van der Waals surface area contributed by atoms with E-state index in [1.54, 1.807) is 0 Å². The highest BCUT2D eigenvalue weighted by atomic mass is 15.2. The minimum atomic E-state index is 0.493. The van der Waals surface area contributed by atoms with E-state index in [4.69, 9.17) is 5.73 Å². The molecule has 1 aliphatic heterocycles. The second kappa shape index (κ2) is 6.02. The van der Waals surface area contributed by atoms with Gasteiger partial charge in [-0.1, -0.05) is 20.8 Å². The lowest BCUT2D eigenvalue weighted by atomic mass is 9.75. The molecule has 2 heteroatoms. The van der Waals surface area contributed by atoms with Gasteiger partial charge in [0.05, 0.1) is 0 Å². The molecule has 0 aromatic rings. The Labute approximate surface area is 102 Å². The maximum atomic E-state index is 5.57. The molecule has 0 saturated carbocycles. The van der Waals surface area contributed by atoms with E-state index in [2.05, 4.69) is 32.6 Å². The predicted molar refractivity (Wildman–Crippen MR) is 71.5 cm³/mol. The van der Waals surface area contributed by atoms with Crippen LogP contribution in [-0.4, -0.2) is 30.6 Å². The van der Waals surface area contributed by atoms with Crippen molar-refractivity contribution in [2.75, 3.05) is 19.6 Å². The van der Waals surface area contributed by atoms with Gasteiger partial charge in [-0.15, -0.1) is 0 Å². The Balaban J connectivity index is 2.31. The highest BCUT2D eigenvalue weighted by Gasteiger charge is 2.29. The van der Waals surface area contributed by atoms with Crippen molar-refractivity contribution in [3.63, 3.8) is 0 Å². The zero-order valence-corrected chi connectivity index (χ0v) is 11.6. The minimum Gasteiger partial charge on any atom is -0.330 e. The SMILES string of the molecule is CC(CCCN)N1CCC(C(C)(C)C)CC1. The lowest BCUT2D eigenvalue weighted by molar-refractivity contribution is 0.0846. The van der Waals surface area contributed by atoms with Crippen molar-refractivity contribution in [3.8, 4) is 0 Å². The predicted octanol–water partition coefficient (Wildman–Crippen LogP) is 2.87. The van der Waals surface area contributed by atoms with Crippen LogP contribution >= 0.6 is 0 Å². The number of rotatable bonds is 4. The lowest BCUT2D eigenvalue weighted by Gasteiger charge is -2.41. The van der Waals surface area contributed by atoms with Crippen molar-refractivity contribution in [1.29, 1.82) is 0 Å². The maximum absolute atomic E-state index is 5.57. The smallest absolute Gasteiger partial charge is 0.00674 e. The number of likely N-dealkylation sites (tertiary alicyclic amines) is 1. The highest BCUT2D eigenvalue weighted by Crippen LogP contribution is 2.34. The molecule has 2 N–H and O–H groups in total. The maximum Gasteiger partial charge on any atom is 0.00674 e. The van der Waals surface area contributed by atoms with E-state index in [-0.39, 0.29) is 0 Å². The number of hydrogen-bond donors (Lipinski definition) is 1. The first kappa shape index (κ1) is 14.0. The summed E-state index contributed by atoms with van der Waals surface area (Å²) in [6.07, 6.45) is 5.17. The molecule has 1 fully saturated rings. The Kier molecular flexibility index (Phi) is 5.26. The van der Waals surface area contributed by atoms with Crippen molar-refractivity contribution in [2.45, 2.75) is 59.4 Å². The van der Waals surface area contributed by atoms with Crippen LogP contribution < -0.4 is 5.73 Å². The second-order valence-electron chi connectivity index (χ2n) is 6.46. The molecule has 96 valence electrons. The largest absolute Gasteiger partial charge is 0.330 e. The summed E-state index contributed by atoms with van der Waals surface area (Å²) < 4.78 is 0. The first-order valence-corrected chi connectivity index (χ1v) is 6.89. The third-order valence-corrected chi connectivity index (χ3v) is 4.20. The van der Waals surface area contributed by atoms with E-state index < -0.39 is 0 Å². The summed E-state index contributed by atoms with van der Waals surface area (Å²) in [5, 5.41) is 0. The molecule has 1 atom stereocenters. The highest BCUT2D eigenvalue weighted by molar-refractivity contribution is 4.82. The van der Waals surface area contributed by atoms with Gasteiger partial charge in [0.1, 0.15) is 0 Å². The van der Waals surface area contributed by atoms with Crippen LogP contribution in [0.5, 0.6) is 0 Å². The Bertz CT molecular complexity index is 187. The van der Waals surface area contributed by atoms with Crippen LogP contribution in [0.4, 0.5) is 0 Å². The molecule has 1 rings (SSSR count). The quantitative estimate of drug-likeness (QED) is 0.798. The summed E-state index contributed by atoms with van der Waals surface area (Å²) in [5.74, 6) is 0.908. The van der Waals surface area contributed by atoms with Gasteiger partial charge in [0, 0.05) is 6.04 Å². The molecule has 0 aromatic carbocycles. The summed E-state index contributed by atoms with van der Waals surface area (Å²) >= 11 is 0. The van der Waals surface area contributed by atoms with Crippen LogP contribution in [-0.2, 0) is 0 Å². The number of nitrogens with zero attached hydrogens (tertiary/aromatic N) is 1. The van der Waals surface area contributed by atoms with Gasteiger partial charge in [-0.3, -0.25) is 0 Å². The zero-order valence-electron chi connectivity index (χ0n) is 11.6. The van der Waals surface area contributed by atoms with E-state index in [0.29, 0.717) is 5.41 Å². The van der Waals surface area contributed by atoms with Crippen molar-refractivity contribution in [1.82, 2.24) is 4.90 Å². The Hall–Kier alpha value is -0.0800. The van der Waals surface area contributed by atoms with Crippen LogP contribution in [0.15, 0.2) is 0 Å². The van der Waals surface area contributed by atoms with Gasteiger partial charge in [0.2, 0.25) is 0 Å². The van der Waals surface area contributed by atoms with Gasteiger partial charge >= 0.3 is 0 Å². The molecule has 0 aliphatic carbocycles. The third-order valence-electron chi connectivity index (χ3n) is 4.20. The van der Waals surface area contributed by atoms with Gasteiger partial charge in [0.25, 0.3) is 0 Å². The van der Waals surface area contributed by atoms with E-state index in [9.17, 15) is 0 Å². The molecule has 0 amide bonds. The minimum absolute atomic E-state index is 0.493. The summed E-state index contributed by atoms with van der Waals surface area (Å²) in [7, 11) is 0. The van der Waals surface area contributed by atoms with E-state index in [1.807, 2.05) is 0 Å². The van der Waals surface area contributed by atoms with Crippen LogP contribution in [0, 0.1) is 11.3 Å². The summed E-state index contributed by atoms with van der Waals surface area (Å²) in [6.45, 7) is 12.9. The van der Waals surface area contributed by atoms with Crippen LogP contribution in [0.3, 0.4) is 0 Å². The number of hydrogen-bond acceptors (Lipinski definition) is 2. The molecular weight excluding hydrogens is 196 g/mol. The molecule has 0 aromatic heterocycles. The van der Waals surface area contributed by atoms with E-state index >= 15 is 0 Å². The zero-order chi connectivity index (χ0) is 12.2. The third kappa shape index (κ3) is 4.06.